The van der Waals surface area contributed by atoms with Crippen molar-refractivity contribution in [3.63, 3.8) is 0 Å². The lowest BCUT2D eigenvalue weighted by molar-refractivity contribution is -0.575. The van der Waals surface area contributed by atoms with Crippen molar-refractivity contribution in [1.82, 2.24) is 0 Å². The molecule has 1 aromatic carbocycles. The van der Waals surface area contributed by atoms with Gasteiger partial charge in [-0.2, -0.15) is 0 Å². The van der Waals surface area contributed by atoms with Crippen LogP contribution in [-0.4, -0.2) is 24.0 Å². The topological polar surface area (TPSA) is 46.2 Å². The van der Waals surface area contributed by atoms with Crippen LogP contribution in [0.4, 0.5) is 0 Å². The van der Waals surface area contributed by atoms with Crippen LogP contribution in [0.2, 0.25) is 0 Å². The van der Waals surface area contributed by atoms with E-state index < -0.39 is 17.7 Å². The molecule has 3 unspecified atom stereocenters. The van der Waals surface area contributed by atoms with E-state index in [4.69, 9.17) is 24.0 Å². The number of aryl methyl sites for hydroxylation is 1. The summed E-state index contributed by atoms with van der Waals surface area (Å²) in [6.07, 6.45) is 5.58. The zero-order valence-electron chi connectivity index (χ0n) is 18.1. The van der Waals surface area contributed by atoms with Crippen molar-refractivity contribution in [2.45, 2.75) is 90.2 Å². The zero-order valence-corrected chi connectivity index (χ0v) is 18.1. The predicted molar refractivity (Wildman–Crippen MR) is 108 cm³/mol. The molecule has 0 aromatic heterocycles. The molecule has 1 saturated carbocycles. The van der Waals surface area contributed by atoms with Crippen LogP contribution in [0.15, 0.2) is 24.3 Å². The van der Waals surface area contributed by atoms with E-state index in [9.17, 15) is 0 Å². The average molecular weight is 403 g/mol. The molecule has 0 N–H and O–H groups in total. The van der Waals surface area contributed by atoms with Gasteiger partial charge in [0.15, 0.2) is 11.9 Å². The van der Waals surface area contributed by atoms with Gasteiger partial charge in [0, 0.05) is 18.3 Å². The number of hydrogen-bond acceptors (Lipinski definition) is 5. The fraction of sp³-hybridized carbons (Fsp3) is 0.750. The van der Waals surface area contributed by atoms with E-state index in [0.717, 1.165) is 37.9 Å². The first-order chi connectivity index (χ1) is 13.9. The quantitative estimate of drug-likeness (QED) is 0.646. The van der Waals surface area contributed by atoms with Crippen molar-refractivity contribution in [1.29, 1.82) is 0 Å². The minimum atomic E-state index is -0.746. The Morgan fingerprint density at radius 2 is 1.83 bits per heavy atom. The molecule has 4 aliphatic heterocycles. The van der Waals surface area contributed by atoms with Crippen molar-refractivity contribution in [2.75, 3.05) is 0 Å². The minimum Gasteiger partial charge on any atom is -0.465 e. The van der Waals surface area contributed by atoms with Gasteiger partial charge in [0.25, 0.3) is 0 Å². The van der Waals surface area contributed by atoms with Gasteiger partial charge in [0.2, 0.25) is 12.1 Å². The number of benzene rings is 1. The highest BCUT2D eigenvalue weighted by molar-refractivity contribution is 5.27. The van der Waals surface area contributed by atoms with Crippen LogP contribution in [0.1, 0.15) is 65.4 Å². The maximum absolute atomic E-state index is 6.49. The van der Waals surface area contributed by atoms with Crippen LogP contribution in [-0.2, 0) is 25.7 Å². The van der Waals surface area contributed by atoms with Gasteiger partial charge in [-0.3, -0.25) is 0 Å². The van der Waals surface area contributed by atoms with Gasteiger partial charge in [-0.1, -0.05) is 39.3 Å². The number of ether oxygens (including phenoxy) is 3. The molecule has 5 heteroatoms. The van der Waals surface area contributed by atoms with E-state index in [1.165, 1.54) is 12.0 Å². The molecule has 29 heavy (non-hydrogen) atoms. The molecule has 8 atom stereocenters. The standard InChI is InChI=1S/C24H34O5/c1-5-6-17-8-10-18(11-9-17)25-21-16(3)20-12-7-15(2)19-13-14-23(4)27-22(26-21)24(19,20)29-28-23/h8-11,15-16,19-22H,5-7,12-14H2,1-4H3/t15-,16-,19?,20?,21?,22-,23-,24-/m1/s1. The molecule has 4 heterocycles. The lowest BCUT2D eigenvalue weighted by atomic mass is 9.58. The van der Waals surface area contributed by atoms with E-state index in [-0.39, 0.29) is 18.1 Å². The molecule has 1 spiro atoms. The molecule has 6 rings (SSSR count). The molecule has 0 amide bonds. The van der Waals surface area contributed by atoms with Gasteiger partial charge in [0.1, 0.15) is 5.75 Å². The van der Waals surface area contributed by atoms with Gasteiger partial charge in [-0.15, -0.1) is 0 Å². The Balaban J connectivity index is 1.42. The summed E-state index contributed by atoms with van der Waals surface area (Å²) in [5.41, 5.74) is 0.807. The van der Waals surface area contributed by atoms with E-state index in [1.807, 2.05) is 6.92 Å². The van der Waals surface area contributed by atoms with E-state index in [1.54, 1.807) is 0 Å². The van der Waals surface area contributed by atoms with Gasteiger partial charge in [-0.25, -0.2) is 9.78 Å². The lowest BCUT2D eigenvalue weighted by Gasteiger charge is -2.60. The first kappa shape index (κ1) is 19.8. The van der Waals surface area contributed by atoms with Crippen molar-refractivity contribution in [3.8, 4) is 5.75 Å². The summed E-state index contributed by atoms with van der Waals surface area (Å²) < 4.78 is 19.2. The third-order valence-electron chi connectivity index (χ3n) is 7.81. The van der Waals surface area contributed by atoms with Crippen molar-refractivity contribution in [2.24, 2.45) is 23.7 Å². The van der Waals surface area contributed by atoms with Crippen LogP contribution in [0.5, 0.6) is 5.75 Å². The monoisotopic (exact) mass is 402 g/mol. The Bertz CT molecular complexity index is 735. The normalized spacial score (nSPS) is 46.1. The lowest BCUT2D eigenvalue weighted by Crippen LogP contribution is -2.70. The molecule has 1 aliphatic carbocycles. The molecule has 0 radical (unpaired) electrons. The fourth-order valence-electron chi connectivity index (χ4n) is 6.16. The Morgan fingerprint density at radius 1 is 1.03 bits per heavy atom. The van der Waals surface area contributed by atoms with Crippen molar-refractivity contribution < 1.29 is 24.0 Å². The minimum absolute atomic E-state index is 0.186. The summed E-state index contributed by atoms with van der Waals surface area (Å²) in [4.78, 5) is 12.1. The molecule has 5 fully saturated rings. The largest absolute Gasteiger partial charge is 0.465 e. The third-order valence-corrected chi connectivity index (χ3v) is 7.81. The summed E-state index contributed by atoms with van der Waals surface area (Å²) in [5, 5.41) is 0. The summed E-state index contributed by atoms with van der Waals surface area (Å²) in [7, 11) is 0. The van der Waals surface area contributed by atoms with Gasteiger partial charge < -0.3 is 14.2 Å². The van der Waals surface area contributed by atoms with Crippen LogP contribution >= 0.6 is 0 Å². The van der Waals surface area contributed by atoms with Crippen LogP contribution in [0.25, 0.3) is 0 Å². The summed E-state index contributed by atoms with van der Waals surface area (Å²) in [6.45, 7) is 8.71. The molecular formula is C24H34O5. The molecular weight excluding hydrogens is 368 g/mol. The van der Waals surface area contributed by atoms with E-state index >= 15 is 0 Å². The second kappa shape index (κ2) is 7.23. The second-order valence-corrected chi connectivity index (χ2v) is 9.79. The Morgan fingerprint density at radius 3 is 2.59 bits per heavy atom. The predicted octanol–water partition coefficient (Wildman–Crippen LogP) is 5.23. The second-order valence-electron chi connectivity index (χ2n) is 9.79. The highest BCUT2D eigenvalue weighted by Gasteiger charge is 2.69. The molecule has 4 saturated heterocycles. The van der Waals surface area contributed by atoms with Gasteiger partial charge in [0.05, 0.1) is 0 Å². The first-order valence-corrected chi connectivity index (χ1v) is 11.4. The van der Waals surface area contributed by atoms with E-state index in [0.29, 0.717) is 11.8 Å². The number of rotatable bonds is 4. The molecule has 5 aliphatic rings. The van der Waals surface area contributed by atoms with Crippen LogP contribution in [0.3, 0.4) is 0 Å². The van der Waals surface area contributed by atoms with Crippen LogP contribution < -0.4 is 4.74 Å². The Hall–Kier alpha value is -1.14. The number of hydrogen-bond donors (Lipinski definition) is 0. The highest BCUT2D eigenvalue weighted by Crippen LogP contribution is 2.60. The smallest absolute Gasteiger partial charge is 0.205 e. The maximum Gasteiger partial charge on any atom is 0.205 e. The van der Waals surface area contributed by atoms with Crippen molar-refractivity contribution >= 4 is 0 Å². The maximum atomic E-state index is 6.49. The molecule has 5 nitrogen and oxygen atoms in total. The van der Waals surface area contributed by atoms with Gasteiger partial charge >= 0.3 is 0 Å². The summed E-state index contributed by atoms with van der Waals surface area (Å²) >= 11 is 0. The van der Waals surface area contributed by atoms with Crippen LogP contribution in [0, 0.1) is 23.7 Å². The summed E-state index contributed by atoms with van der Waals surface area (Å²) in [5.74, 6) is 1.53. The zero-order chi connectivity index (χ0) is 20.2. The third kappa shape index (κ3) is 3.13. The number of fused-ring (bicyclic) bond motifs is 2. The Kier molecular flexibility index (Phi) is 4.93. The van der Waals surface area contributed by atoms with E-state index in [2.05, 4.69) is 45.0 Å². The Labute approximate surface area is 173 Å². The SMILES string of the molecule is CCCc1ccc(OC2O[C@@H]3O[C@@]4(C)CCC5[C@H](C)CCC([C@H]2C)[C@]53OO4)cc1. The fourth-order valence-corrected chi connectivity index (χ4v) is 6.16. The van der Waals surface area contributed by atoms with Crippen molar-refractivity contribution in [3.05, 3.63) is 29.8 Å². The molecule has 160 valence electrons. The summed E-state index contributed by atoms with van der Waals surface area (Å²) in [6, 6.07) is 8.40. The van der Waals surface area contributed by atoms with Gasteiger partial charge in [-0.05, 0) is 62.1 Å². The molecule has 2 bridgehead atoms. The first-order valence-electron chi connectivity index (χ1n) is 11.4. The molecule has 1 aromatic rings. The highest BCUT2D eigenvalue weighted by atomic mass is 17.3. The average Bonchev–Trinajstić information content (AvgIpc) is 2.94.